The first-order valence-electron chi connectivity index (χ1n) is 9.94. The van der Waals surface area contributed by atoms with Gasteiger partial charge in [0.2, 0.25) is 11.8 Å². The number of nitrogens with one attached hydrogen (secondary N) is 2. The molecular formula is C23H23N3O4. The van der Waals surface area contributed by atoms with Crippen molar-refractivity contribution in [3.63, 3.8) is 0 Å². The molecular weight excluding hydrogens is 382 g/mol. The molecule has 0 aliphatic carbocycles. The quantitative estimate of drug-likeness (QED) is 0.562. The summed E-state index contributed by atoms with van der Waals surface area (Å²) < 4.78 is 0. The van der Waals surface area contributed by atoms with Crippen LogP contribution in [0.4, 0.5) is 0 Å². The summed E-state index contributed by atoms with van der Waals surface area (Å²) in [6.07, 6.45) is 2.60. The molecule has 4 rings (SSSR count). The van der Waals surface area contributed by atoms with Gasteiger partial charge in [0.1, 0.15) is 12.1 Å². The van der Waals surface area contributed by atoms with Gasteiger partial charge in [-0.2, -0.15) is 0 Å². The van der Waals surface area contributed by atoms with Crippen molar-refractivity contribution in [3.05, 3.63) is 71.9 Å². The van der Waals surface area contributed by atoms with Crippen molar-refractivity contribution in [1.82, 2.24) is 15.2 Å². The van der Waals surface area contributed by atoms with Gasteiger partial charge in [-0.15, -0.1) is 0 Å². The Kier molecular flexibility index (Phi) is 5.52. The molecule has 0 radical (unpaired) electrons. The monoisotopic (exact) mass is 405 g/mol. The van der Waals surface area contributed by atoms with Crippen LogP contribution in [-0.4, -0.2) is 44.9 Å². The zero-order chi connectivity index (χ0) is 21.1. The van der Waals surface area contributed by atoms with Crippen LogP contribution in [0.5, 0.6) is 0 Å². The molecule has 30 heavy (non-hydrogen) atoms. The lowest BCUT2D eigenvalue weighted by atomic mass is 10.0. The van der Waals surface area contributed by atoms with E-state index in [1.54, 1.807) is 6.20 Å². The zero-order valence-electron chi connectivity index (χ0n) is 16.4. The minimum absolute atomic E-state index is 0.0949. The van der Waals surface area contributed by atoms with Crippen LogP contribution in [0.2, 0.25) is 0 Å². The number of benzene rings is 2. The maximum Gasteiger partial charge on any atom is 0.326 e. The summed E-state index contributed by atoms with van der Waals surface area (Å²) >= 11 is 0. The number of carbonyl (C=O) groups is 3. The maximum absolute atomic E-state index is 12.9. The van der Waals surface area contributed by atoms with E-state index < -0.39 is 24.0 Å². The predicted molar refractivity (Wildman–Crippen MR) is 112 cm³/mol. The van der Waals surface area contributed by atoms with Crippen LogP contribution in [0.25, 0.3) is 10.9 Å². The topological polar surface area (TPSA) is 102 Å². The average Bonchev–Trinajstić information content (AvgIpc) is 3.32. The van der Waals surface area contributed by atoms with Crippen LogP contribution >= 0.6 is 0 Å². The highest BCUT2D eigenvalue weighted by Gasteiger charge is 2.37. The number of hydrogen-bond donors (Lipinski definition) is 3. The Morgan fingerprint density at radius 2 is 1.87 bits per heavy atom. The third-order valence-corrected chi connectivity index (χ3v) is 5.54. The van der Waals surface area contributed by atoms with Crippen molar-refractivity contribution >= 4 is 28.7 Å². The Balaban J connectivity index is 1.48. The standard InChI is InChI=1S/C23H23N3O4/c27-21-11-10-20(26(21)14-15-6-2-1-3-7-15)22(28)25-19(23(29)30)12-16-13-24-18-9-5-4-8-17(16)18/h1-9,13,19-20,24H,10-12,14H2,(H,25,28)(H,29,30)/t19-,20-/m1/s1. The second-order valence-electron chi connectivity index (χ2n) is 7.52. The van der Waals surface area contributed by atoms with Gasteiger partial charge in [0.05, 0.1) is 0 Å². The largest absolute Gasteiger partial charge is 0.480 e. The van der Waals surface area contributed by atoms with E-state index in [-0.39, 0.29) is 18.7 Å². The van der Waals surface area contributed by atoms with E-state index in [0.29, 0.717) is 13.0 Å². The van der Waals surface area contributed by atoms with Gasteiger partial charge in [-0.3, -0.25) is 9.59 Å². The van der Waals surface area contributed by atoms with E-state index in [2.05, 4.69) is 10.3 Å². The molecule has 7 nitrogen and oxygen atoms in total. The summed E-state index contributed by atoms with van der Waals surface area (Å²) in [6.45, 7) is 0.331. The molecule has 1 aliphatic heterocycles. The van der Waals surface area contributed by atoms with Crippen molar-refractivity contribution in [2.75, 3.05) is 0 Å². The lowest BCUT2D eigenvalue weighted by Gasteiger charge is -2.25. The number of hydrogen-bond acceptors (Lipinski definition) is 3. The predicted octanol–water partition coefficient (Wildman–Crippen LogP) is 2.47. The molecule has 0 unspecified atom stereocenters. The highest BCUT2D eigenvalue weighted by Crippen LogP contribution is 2.23. The number of amides is 2. The van der Waals surface area contributed by atoms with Crippen LogP contribution in [0.3, 0.4) is 0 Å². The Morgan fingerprint density at radius 3 is 2.63 bits per heavy atom. The van der Waals surface area contributed by atoms with Gasteiger partial charge in [-0.05, 0) is 23.6 Å². The summed E-state index contributed by atoms with van der Waals surface area (Å²) in [5.74, 6) is -1.63. The number of likely N-dealkylation sites (tertiary alicyclic amines) is 1. The molecule has 0 spiro atoms. The first kappa shape index (κ1) is 19.7. The number of carbonyl (C=O) groups excluding carboxylic acids is 2. The van der Waals surface area contributed by atoms with E-state index in [1.165, 1.54) is 4.90 Å². The molecule has 2 heterocycles. The SMILES string of the molecule is O=C(N[C@H](Cc1c[nH]c2ccccc12)C(=O)O)[C@H]1CCC(=O)N1Cc1ccccc1. The van der Waals surface area contributed by atoms with E-state index in [9.17, 15) is 19.5 Å². The fourth-order valence-electron chi connectivity index (χ4n) is 3.97. The molecule has 3 N–H and O–H groups in total. The van der Waals surface area contributed by atoms with E-state index in [4.69, 9.17) is 0 Å². The van der Waals surface area contributed by atoms with Gasteiger partial charge >= 0.3 is 5.97 Å². The van der Waals surface area contributed by atoms with Gasteiger partial charge in [-0.25, -0.2) is 4.79 Å². The summed E-state index contributed by atoms with van der Waals surface area (Å²) in [6, 6.07) is 15.3. The average molecular weight is 405 g/mol. The molecule has 154 valence electrons. The molecule has 1 fully saturated rings. The van der Waals surface area contributed by atoms with Crippen molar-refractivity contribution in [1.29, 1.82) is 0 Å². The fourth-order valence-corrected chi connectivity index (χ4v) is 3.97. The normalized spacial score (nSPS) is 17.3. The molecule has 1 saturated heterocycles. The number of para-hydroxylation sites is 1. The number of rotatable bonds is 7. The molecule has 0 bridgehead atoms. The van der Waals surface area contributed by atoms with Gasteiger partial charge in [-0.1, -0.05) is 48.5 Å². The smallest absolute Gasteiger partial charge is 0.326 e. The fraction of sp³-hybridized carbons (Fsp3) is 0.261. The third kappa shape index (κ3) is 4.05. The van der Waals surface area contributed by atoms with Crippen molar-refractivity contribution < 1.29 is 19.5 Å². The number of carboxylic acids is 1. The van der Waals surface area contributed by atoms with Crippen LogP contribution in [0.1, 0.15) is 24.0 Å². The lowest BCUT2D eigenvalue weighted by Crippen LogP contribution is -2.50. The number of aliphatic carboxylic acids is 1. The maximum atomic E-state index is 12.9. The second-order valence-corrected chi connectivity index (χ2v) is 7.52. The Morgan fingerprint density at radius 1 is 1.13 bits per heavy atom. The Labute approximate surface area is 173 Å². The van der Waals surface area contributed by atoms with Crippen molar-refractivity contribution in [2.24, 2.45) is 0 Å². The van der Waals surface area contributed by atoms with E-state index in [1.807, 2.05) is 54.6 Å². The van der Waals surface area contributed by atoms with Crippen molar-refractivity contribution in [2.45, 2.75) is 37.9 Å². The number of carboxylic acid groups (broad SMARTS) is 1. The Hall–Kier alpha value is -3.61. The van der Waals surface area contributed by atoms with Crippen LogP contribution in [-0.2, 0) is 27.3 Å². The van der Waals surface area contributed by atoms with Gasteiger partial charge in [0.15, 0.2) is 0 Å². The third-order valence-electron chi connectivity index (χ3n) is 5.54. The van der Waals surface area contributed by atoms with E-state index in [0.717, 1.165) is 22.0 Å². The van der Waals surface area contributed by atoms with Gasteiger partial charge in [0.25, 0.3) is 0 Å². The van der Waals surface area contributed by atoms with Crippen molar-refractivity contribution in [3.8, 4) is 0 Å². The minimum Gasteiger partial charge on any atom is -0.480 e. The lowest BCUT2D eigenvalue weighted by molar-refractivity contribution is -0.143. The first-order chi connectivity index (χ1) is 14.5. The van der Waals surface area contributed by atoms with E-state index >= 15 is 0 Å². The molecule has 1 aliphatic rings. The van der Waals surface area contributed by atoms with Gasteiger partial charge < -0.3 is 20.3 Å². The molecule has 7 heteroatoms. The molecule has 2 aromatic carbocycles. The highest BCUT2D eigenvalue weighted by molar-refractivity contribution is 5.93. The molecule has 3 aromatic rings. The number of nitrogens with zero attached hydrogens (tertiary/aromatic N) is 1. The Bertz CT molecular complexity index is 1080. The minimum atomic E-state index is -1.10. The number of fused-ring (bicyclic) bond motifs is 1. The van der Waals surface area contributed by atoms with Gasteiger partial charge in [0, 0.05) is 36.5 Å². The number of aromatic nitrogens is 1. The summed E-state index contributed by atoms with van der Waals surface area (Å²) in [4.78, 5) is 41.8. The zero-order valence-corrected chi connectivity index (χ0v) is 16.4. The second kappa shape index (κ2) is 8.41. The molecule has 2 atom stereocenters. The molecule has 0 saturated carbocycles. The van der Waals surface area contributed by atoms with Crippen LogP contribution < -0.4 is 5.32 Å². The van der Waals surface area contributed by atoms with Crippen LogP contribution in [0, 0.1) is 0 Å². The molecule has 1 aromatic heterocycles. The highest BCUT2D eigenvalue weighted by atomic mass is 16.4. The van der Waals surface area contributed by atoms with Crippen LogP contribution in [0.15, 0.2) is 60.8 Å². The number of H-pyrrole nitrogens is 1. The summed E-state index contributed by atoms with van der Waals surface area (Å²) in [5.41, 5.74) is 2.67. The molecule has 2 amide bonds. The number of aromatic amines is 1. The summed E-state index contributed by atoms with van der Waals surface area (Å²) in [5, 5.41) is 13.3. The summed E-state index contributed by atoms with van der Waals surface area (Å²) in [7, 11) is 0. The first-order valence-corrected chi connectivity index (χ1v) is 9.94.